The van der Waals surface area contributed by atoms with Gasteiger partial charge in [0.25, 0.3) is 0 Å². The Labute approximate surface area is 107 Å². The van der Waals surface area contributed by atoms with E-state index in [1.165, 1.54) is 0 Å². The van der Waals surface area contributed by atoms with Crippen LogP contribution in [0.4, 0.5) is 11.4 Å². The number of amides is 1. The summed E-state index contributed by atoms with van der Waals surface area (Å²) in [6.45, 7) is 0. The van der Waals surface area contributed by atoms with Gasteiger partial charge in [0, 0.05) is 17.3 Å². The topological polar surface area (TPSA) is 20.3 Å². The van der Waals surface area contributed by atoms with Crippen molar-refractivity contribution in [2.45, 2.75) is 12.8 Å². The second-order valence-electron chi connectivity index (χ2n) is 4.62. The molecular weight excluding hydrogens is 222 g/mol. The first-order valence-electron chi connectivity index (χ1n) is 6.30. The number of para-hydroxylation sites is 2. The molecule has 0 aromatic heterocycles. The molecule has 0 atom stereocenters. The zero-order valence-electron chi connectivity index (χ0n) is 10.1. The highest BCUT2D eigenvalue weighted by atomic mass is 16.2. The fraction of sp³-hybridized carbons (Fsp3) is 0.188. The zero-order chi connectivity index (χ0) is 12.4. The minimum absolute atomic E-state index is 0.213. The molecule has 2 nitrogen and oxygen atoms in total. The Morgan fingerprint density at radius 3 is 1.67 bits per heavy atom. The minimum Gasteiger partial charge on any atom is -0.281 e. The van der Waals surface area contributed by atoms with E-state index in [0.29, 0.717) is 0 Å². The summed E-state index contributed by atoms with van der Waals surface area (Å²) in [7, 11) is 0. The monoisotopic (exact) mass is 237 g/mol. The lowest BCUT2D eigenvalue weighted by molar-refractivity contribution is -0.119. The third kappa shape index (κ3) is 2.14. The zero-order valence-corrected chi connectivity index (χ0v) is 10.1. The number of carbonyl (C=O) groups is 1. The predicted molar refractivity (Wildman–Crippen MR) is 72.8 cm³/mol. The van der Waals surface area contributed by atoms with Crippen molar-refractivity contribution in [2.24, 2.45) is 5.92 Å². The van der Waals surface area contributed by atoms with E-state index in [9.17, 15) is 4.79 Å². The Kier molecular flexibility index (Phi) is 2.85. The van der Waals surface area contributed by atoms with Gasteiger partial charge in [-0.2, -0.15) is 0 Å². The standard InChI is InChI=1S/C16H15NO/c18-16(13-11-12-13)17(14-7-3-1-4-8-14)15-9-5-2-6-10-15/h1-10,13H,11-12H2. The Balaban J connectivity index is 2.01. The van der Waals surface area contributed by atoms with Gasteiger partial charge in [-0.3, -0.25) is 9.69 Å². The van der Waals surface area contributed by atoms with Crippen molar-refractivity contribution in [3.05, 3.63) is 60.7 Å². The summed E-state index contributed by atoms with van der Waals surface area (Å²) in [5, 5.41) is 0. The van der Waals surface area contributed by atoms with E-state index >= 15 is 0 Å². The second-order valence-corrected chi connectivity index (χ2v) is 4.62. The van der Waals surface area contributed by atoms with Crippen molar-refractivity contribution < 1.29 is 4.79 Å². The molecule has 90 valence electrons. The first kappa shape index (κ1) is 11.0. The highest BCUT2D eigenvalue weighted by Gasteiger charge is 2.34. The number of carbonyl (C=O) groups excluding carboxylic acids is 1. The highest BCUT2D eigenvalue weighted by molar-refractivity contribution is 6.02. The van der Waals surface area contributed by atoms with Crippen LogP contribution in [-0.2, 0) is 4.79 Å². The maximum Gasteiger partial charge on any atom is 0.234 e. The number of benzene rings is 2. The number of hydrogen-bond acceptors (Lipinski definition) is 1. The van der Waals surface area contributed by atoms with Crippen LogP contribution in [0.25, 0.3) is 0 Å². The van der Waals surface area contributed by atoms with Crippen LogP contribution in [-0.4, -0.2) is 5.91 Å². The van der Waals surface area contributed by atoms with Gasteiger partial charge < -0.3 is 0 Å². The molecule has 2 heteroatoms. The van der Waals surface area contributed by atoms with Gasteiger partial charge in [0.05, 0.1) is 0 Å². The van der Waals surface area contributed by atoms with E-state index in [1.54, 1.807) is 0 Å². The van der Waals surface area contributed by atoms with Crippen molar-refractivity contribution in [3.8, 4) is 0 Å². The number of anilines is 2. The van der Waals surface area contributed by atoms with E-state index < -0.39 is 0 Å². The van der Waals surface area contributed by atoms with Crippen LogP contribution in [0.3, 0.4) is 0 Å². The molecule has 0 aliphatic heterocycles. The summed E-state index contributed by atoms with van der Waals surface area (Å²) in [5.41, 5.74) is 1.89. The van der Waals surface area contributed by atoms with Gasteiger partial charge in [-0.15, -0.1) is 0 Å². The molecule has 3 rings (SSSR count). The van der Waals surface area contributed by atoms with Gasteiger partial charge in [0.1, 0.15) is 0 Å². The Hall–Kier alpha value is -2.09. The van der Waals surface area contributed by atoms with Crippen LogP contribution in [0.15, 0.2) is 60.7 Å². The average Bonchev–Trinajstić information content (AvgIpc) is 3.26. The van der Waals surface area contributed by atoms with E-state index in [1.807, 2.05) is 65.6 Å². The molecule has 1 aliphatic carbocycles. The lowest BCUT2D eigenvalue weighted by atomic mass is 10.2. The third-order valence-corrected chi connectivity index (χ3v) is 3.18. The molecule has 0 N–H and O–H groups in total. The van der Waals surface area contributed by atoms with Crippen LogP contribution >= 0.6 is 0 Å². The quantitative estimate of drug-likeness (QED) is 0.796. The van der Waals surface area contributed by atoms with Crippen LogP contribution in [0.1, 0.15) is 12.8 Å². The lowest BCUT2D eigenvalue weighted by Gasteiger charge is -2.23. The highest BCUT2D eigenvalue weighted by Crippen LogP contribution is 2.36. The van der Waals surface area contributed by atoms with E-state index in [4.69, 9.17) is 0 Å². The van der Waals surface area contributed by atoms with Gasteiger partial charge >= 0.3 is 0 Å². The molecule has 0 heterocycles. The average molecular weight is 237 g/mol. The third-order valence-electron chi connectivity index (χ3n) is 3.18. The van der Waals surface area contributed by atoms with E-state index in [2.05, 4.69) is 0 Å². The molecule has 1 amide bonds. The molecule has 2 aromatic rings. The van der Waals surface area contributed by atoms with Crippen LogP contribution in [0, 0.1) is 5.92 Å². The van der Waals surface area contributed by atoms with E-state index in [-0.39, 0.29) is 11.8 Å². The largest absolute Gasteiger partial charge is 0.281 e. The molecule has 1 saturated carbocycles. The summed E-state index contributed by atoms with van der Waals surface area (Å²) in [6, 6.07) is 19.7. The molecule has 2 aromatic carbocycles. The van der Waals surface area contributed by atoms with Crippen molar-refractivity contribution in [2.75, 3.05) is 4.90 Å². The molecular formula is C16H15NO. The SMILES string of the molecule is O=C(C1CC1)N(c1ccccc1)c1ccccc1. The lowest BCUT2D eigenvalue weighted by Crippen LogP contribution is -2.27. The summed E-state index contributed by atoms with van der Waals surface area (Å²) in [6.07, 6.45) is 2.05. The first-order chi connectivity index (χ1) is 8.86. The first-order valence-corrected chi connectivity index (χ1v) is 6.30. The Bertz CT molecular complexity index is 492. The molecule has 0 spiro atoms. The van der Waals surface area contributed by atoms with Crippen molar-refractivity contribution in [3.63, 3.8) is 0 Å². The predicted octanol–water partition coefficient (Wildman–Crippen LogP) is 3.76. The van der Waals surface area contributed by atoms with Gasteiger partial charge in [-0.05, 0) is 37.1 Å². The second kappa shape index (κ2) is 4.65. The van der Waals surface area contributed by atoms with Crippen LogP contribution < -0.4 is 4.90 Å². The van der Waals surface area contributed by atoms with Gasteiger partial charge in [0.2, 0.25) is 5.91 Å². The smallest absolute Gasteiger partial charge is 0.234 e. The number of rotatable bonds is 3. The molecule has 0 unspecified atom stereocenters. The molecule has 1 fully saturated rings. The molecule has 1 aliphatic rings. The van der Waals surface area contributed by atoms with Gasteiger partial charge in [0.15, 0.2) is 0 Å². The molecule has 18 heavy (non-hydrogen) atoms. The number of nitrogens with zero attached hydrogens (tertiary/aromatic N) is 1. The molecule has 0 bridgehead atoms. The van der Waals surface area contributed by atoms with Crippen molar-refractivity contribution in [1.82, 2.24) is 0 Å². The fourth-order valence-corrected chi connectivity index (χ4v) is 2.07. The minimum atomic E-state index is 0.213. The molecule has 0 saturated heterocycles. The van der Waals surface area contributed by atoms with Crippen molar-refractivity contribution in [1.29, 1.82) is 0 Å². The van der Waals surface area contributed by atoms with Crippen LogP contribution in [0.5, 0.6) is 0 Å². The summed E-state index contributed by atoms with van der Waals surface area (Å²) >= 11 is 0. The van der Waals surface area contributed by atoms with E-state index in [0.717, 1.165) is 24.2 Å². The van der Waals surface area contributed by atoms with Gasteiger partial charge in [-0.1, -0.05) is 36.4 Å². The summed E-state index contributed by atoms with van der Waals surface area (Å²) < 4.78 is 0. The Morgan fingerprint density at radius 1 is 0.833 bits per heavy atom. The maximum atomic E-state index is 12.4. The maximum absolute atomic E-state index is 12.4. The molecule has 0 radical (unpaired) electrons. The van der Waals surface area contributed by atoms with Crippen LogP contribution in [0.2, 0.25) is 0 Å². The summed E-state index contributed by atoms with van der Waals surface area (Å²) in [5.74, 6) is 0.429. The van der Waals surface area contributed by atoms with Gasteiger partial charge in [-0.25, -0.2) is 0 Å². The fourth-order valence-electron chi connectivity index (χ4n) is 2.07. The van der Waals surface area contributed by atoms with Crippen molar-refractivity contribution >= 4 is 17.3 Å². The Morgan fingerprint density at radius 2 is 1.28 bits per heavy atom. The summed E-state index contributed by atoms with van der Waals surface area (Å²) in [4.78, 5) is 14.3. The number of hydrogen-bond donors (Lipinski definition) is 0. The normalized spacial score (nSPS) is 14.2.